The lowest BCUT2D eigenvalue weighted by Crippen LogP contribution is -2.42. The molecule has 8 nitrogen and oxygen atoms in total. The number of fused-ring (bicyclic) bond motifs is 2. The quantitative estimate of drug-likeness (QED) is 0.371. The highest BCUT2D eigenvalue weighted by Gasteiger charge is 2.15. The van der Waals surface area contributed by atoms with Gasteiger partial charge in [-0.2, -0.15) is 0 Å². The normalized spacial score (nSPS) is 10.8. The zero-order valence-corrected chi connectivity index (χ0v) is 17.6. The molecule has 0 saturated heterocycles. The summed E-state index contributed by atoms with van der Waals surface area (Å²) in [5.41, 5.74) is 6.68. The summed E-state index contributed by atoms with van der Waals surface area (Å²) in [6.45, 7) is 1.81. The number of hydrazine groups is 1. The van der Waals surface area contributed by atoms with E-state index in [1.165, 1.54) is 7.11 Å². The van der Waals surface area contributed by atoms with Crippen molar-refractivity contribution < 1.29 is 18.7 Å². The fourth-order valence-corrected chi connectivity index (χ4v) is 3.47. The molecule has 0 radical (unpaired) electrons. The molecule has 0 unspecified atom stereocenters. The van der Waals surface area contributed by atoms with Crippen LogP contribution in [-0.4, -0.2) is 23.9 Å². The third-order valence-corrected chi connectivity index (χ3v) is 5.24. The highest BCUT2D eigenvalue weighted by molar-refractivity contribution is 5.95. The molecule has 32 heavy (non-hydrogen) atoms. The molecule has 0 aliphatic heterocycles. The Hall–Kier alpha value is -4.20. The lowest BCUT2D eigenvalue weighted by Gasteiger charge is -2.10. The number of carbonyl (C=O) groups excluding carboxylic acids is 2. The molecule has 0 spiro atoms. The van der Waals surface area contributed by atoms with Gasteiger partial charge in [0.15, 0.2) is 0 Å². The standard InChI is InChI=1S/C24H21N3O5/c1-14-17-9-8-16(31-2)13-21(17)32-24(30)18(14)10-12-22(28)26-27-23(29)20-11-7-15-5-3-4-6-19(15)25-20/h3-9,11,13H,10,12H2,1-2H3,(H,26,28)(H,27,29). The number of nitrogens with zero attached hydrogens (tertiary/aromatic N) is 1. The van der Waals surface area contributed by atoms with Gasteiger partial charge in [0.2, 0.25) is 5.91 Å². The topological polar surface area (TPSA) is 111 Å². The monoisotopic (exact) mass is 431 g/mol. The van der Waals surface area contributed by atoms with Gasteiger partial charge < -0.3 is 9.15 Å². The molecule has 2 aromatic heterocycles. The van der Waals surface area contributed by atoms with E-state index in [1.807, 2.05) is 31.2 Å². The molecule has 0 aliphatic carbocycles. The summed E-state index contributed by atoms with van der Waals surface area (Å²) in [5.74, 6) is -0.379. The van der Waals surface area contributed by atoms with E-state index in [1.54, 1.807) is 30.3 Å². The van der Waals surface area contributed by atoms with Crippen molar-refractivity contribution in [3.63, 3.8) is 0 Å². The number of hydrogen-bond donors (Lipinski definition) is 2. The fraction of sp³-hybridized carbons (Fsp3) is 0.167. The van der Waals surface area contributed by atoms with Crippen LogP contribution in [0.5, 0.6) is 5.75 Å². The van der Waals surface area contributed by atoms with Crippen molar-refractivity contribution in [2.24, 2.45) is 0 Å². The highest BCUT2D eigenvalue weighted by atomic mass is 16.5. The van der Waals surface area contributed by atoms with Gasteiger partial charge in [-0.05, 0) is 43.2 Å². The molecule has 2 aromatic carbocycles. The Bertz CT molecular complexity index is 1390. The number of nitrogens with one attached hydrogen (secondary N) is 2. The zero-order chi connectivity index (χ0) is 22.7. The number of hydrogen-bond acceptors (Lipinski definition) is 6. The van der Waals surface area contributed by atoms with Crippen LogP contribution in [0.4, 0.5) is 0 Å². The van der Waals surface area contributed by atoms with Crippen LogP contribution in [0.2, 0.25) is 0 Å². The number of benzene rings is 2. The van der Waals surface area contributed by atoms with Gasteiger partial charge in [-0.15, -0.1) is 0 Å². The number of methoxy groups -OCH3 is 1. The van der Waals surface area contributed by atoms with Crippen LogP contribution in [0.25, 0.3) is 21.9 Å². The lowest BCUT2D eigenvalue weighted by molar-refractivity contribution is -0.121. The van der Waals surface area contributed by atoms with Crippen molar-refractivity contribution in [1.82, 2.24) is 15.8 Å². The Labute approximate surface area is 183 Å². The van der Waals surface area contributed by atoms with Crippen molar-refractivity contribution in [2.45, 2.75) is 19.8 Å². The summed E-state index contributed by atoms with van der Waals surface area (Å²) in [6, 6.07) is 16.0. The summed E-state index contributed by atoms with van der Waals surface area (Å²) < 4.78 is 10.6. The zero-order valence-electron chi connectivity index (χ0n) is 17.6. The Morgan fingerprint density at radius 2 is 1.88 bits per heavy atom. The average Bonchev–Trinajstić information content (AvgIpc) is 2.81. The molecule has 2 amide bonds. The van der Waals surface area contributed by atoms with Crippen molar-refractivity contribution in [3.05, 3.63) is 81.8 Å². The predicted molar refractivity (Wildman–Crippen MR) is 119 cm³/mol. The average molecular weight is 431 g/mol. The molecule has 0 bridgehead atoms. The Balaban J connectivity index is 1.39. The molecule has 2 heterocycles. The minimum absolute atomic E-state index is 0.00130. The summed E-state index contributed by atoms with van der Waals surface area (Å²) in [4.78, 5) is 41.2. The van der Waals surface area contributed by atoms with Gasteiger partial charge >= 0.3 is 5.63 Å². The molecular weight excluding hydrogens is 410 g/mol. The first-order chi connectivity index (χ1) is 15.5. The predicted octanol–water partition coefficient (Wildman–Crippen LogP) is 3.05. The highest BCUT2D eigenvalue weighted by Crippen LogP contribution is 2.24. The van der Waals surface area contributed by atoms with Gasteiger partial charge in [-0.3, -0.25) is 20.4 Å². The number of amides is 2. The molecule has 0 atom stereocenters. The van der Waals surface area contributed by atoms with Crippen molar-refractivity contribution in [3.8, 4) is 5.75 Å². The summed E-state index contributed by atoms with van der Waals surface area (Å²) >= 11 is 0. The first-order valence-corrected chi connectivity index (χ1v) is 10.0. The van der Waals surface area contributed by atoms with E-state index in [9.17, 15) is 14.4 Å². The second-order valence-electron chi connectivity index (χ2n) is 7.25. The fourth-order valence-electron chi connectivity index (χ4n) is 3.47. The maximum Gasteiger partial charge on any atom is 0.339 e. The minimum Gasteiger partial charge on any atom is -0.497 e. The molecule has 4 aromatic rings. The molecular formula is C24H21N3O5. The van der Waals surface area contributed by atoms with Gasteiger partial charge in [-0.1, -0.05) is 24.3 Å². The number of ether oxygens (including phenoxy) is 1. The van der Waals surface area contributed by atoms with Gasteiger partial charge in [-0.25, -0.2) is 9.78 Å². The summed E-state index contributed by atoms with van der Waals surface area (Å²) in [6.07, 6.45) is 0.171. The van der Waals surface area contributed by atoms with Crippen LogP contribution in [0.3, 0.4) is 0 Å². The number of carbonyl (C=O) groups is 2. The molecule has 0 fully saturated rings. The Morgan fingerprint density at radius 1 is 1.06 bits per heavy atom. The van der Waals surface area contributed by atoms with E-state index in [4.69, 9.17) is 9.15 Å². The summed E-state index contributed by atoms with van der Waals surface area (Å²) in [7, 11) is 1.54. The number of pyridine rings is 1. The van der Waals surface area contributed by atoms with Crippen LogP contribution in [-0.2, 0) is 11.2 Å². The molecule has 8 heteroatoms. The van der Waals surface area contributed by atoms with Crippen LogP contribution in [0.15, 0.2) is 63.8 Å². The largest absolute Gasteiger partial charge is 0.497 e. The molecule has 0 saturated carbocycles. The maximum atomic E-state index is 12.4. The number of aryl methyl sites for hydroxylation is 1. The smallest absolute Gasteiger partial charge is 0.339 e. The van der Waals surface area contributed by atoms with E-state index in [2.05, 4.69) is 15.8 Å². The van der Waals surface area contributed by atoms with Gasteiger partial charge in [0, 0.05) is 28.8 Å². The van der Waals surface area contributed by atoms with E-state index < -0.39 is 17.4 Å². The van der Waals surface area contributed by atoms with Crippen LogP contribution in [0, 0.1) is 6.92 Å². The third-order valence-electron chi connectivity index (χ3n) is 5.24. The van der Waals surface area contributed by atoms with Gasteiger partial charge in [0.05, 0.1) is 12.6 Å². The van der Waals surface area contributed by atoms with Crippen LogP contribution < -0.4 is 21.2 Å². The van der Waals surface area contributed by atoms with E-state index in [-0.39, 0.29) is 18.5 Å². The van der Waals surface area contributed by atoms with Crippen molar-refractivity contribution in [2.75, 3.05) is 7.11 Å². The number of aromatic nitrogens is 1. The maximum absolute atomic E-state index is 12.4. The minimum atomic E-state index is -0.528. The van der Waals surface area contributed by atoms with E-state index in [0.29, 0.717) is 22.4 Å². The second kappa shape index (κ2) is 8.89. The first-order valence-electron chi connectivity index (χ1n) is 10.0. The van der Waals surface area contributed by atoms with Gasteiger partial charge in [0.1, 0.15) is 17.0 Å². The van der Waals surface area contributed by atoms with Crippen molar-refractivity contribution in [1.29, 1.82) is 0 Å². The molecule has 4 rings (SSSR count). The van der Waals surface area contributed by atoms with Gasteiger partial charge in [0.25, 0.3) is 5.91 Å². The molecule has 162 valence electrons. The number of rotatable bonds is 5. The second-order valence-corrected chi connectivity index (χ2v) is 7.25. The SMILES string of the molecule is COc1ccc2c(C)c(CCC(=O)NNC(=O)c3ccc4ccccc4n3)c(=O)oc2c1. The first kappa shape index (κ1) is 21.0. The Kier molecular flexibility index (Phi) is 5.85. The van der Waals surface area contributed by atoms with Crippen LogP contribution in [0.1, 0.15) is 28.0 Å². The Morgan fingerprint density at radius 3 is 2.69 bits per heavy atom. The van der Waals surface area contributed by atoms with Crippen molar-refractivity contribution >= 4 is 33.7 Å². The van der Waals surface area contributed by atoms with Crippen LogP contribution >= 0.6 is 0 Å². The number of para-hydroxylation sites is 1. The molecule has 2 N–H and O–H groups in total. The summed E-state index contributed by atoms with van der Waals surface area (Å²) in [5, 5.41) is 1.69. The molecule has 0 aliphatic rings. The third kappa shape index (κ3) is 4.29. The van der Waals surface area contributed by atoms with E-state index in [0.717, 1.165) is 16.3 Å². The lowest BCUT2D eigenvalue weighted by atomic mass is 10.0. The van der Waals surface area contributed by atoms with E-state index >= 15 is 0 Å².